The molecule has 1 heterocycles. The average Bonchev–Trinajstić information content (AvgIpc) is 3.02. The molecule has 1 aliphatic heterocycles. The van der Waals surface area contributed by atoms with Gasteiger partial charge >= 0.3 is 0 Å². The lowest BCUT2D eigenvalue weighted by atomic mass is 10.0. The maximum Gasteiger partial charge on any atom is 0.282 e. The number of hydrogen-bond donors (Lipinski definition) is 1. The predicted octanol–water partition coefficient (Wildman–Crippen LogP) is 4.99. The Labute approximate surface area is 183 Å². The number of nitrogens with zero attached hydrogens (tertiary/aromatic N) is 1. The molecular weight excluding hydrogens is 414 g/mol. The zero-order valence-electron chi connectivity index (χ0n) is 17.7. The van der Waals surface area contributed by atoms with E-state index in [1.165, 1.54) is 7.11 Å². The maximum atomic E-state index is 14.5. The monoisotopic (exact) mass is 434 g/mol. The summed E-state index contributed by atoms with van der Waals surface area (Å²) in [6, 6.07) is 14.7. The van der Waals surface area contributed by atoms with Crippen LogP contribution in [-0.4, -0.2) is 18.9 Å². The summed E-state index contributed by atoms with van der Waals surface area (Å²) in [4.78, 5) is 27.3. The summed E-state index contributed by atoms with van der Waals surface area (Å²) < 4.78 is 33.5. The molecule has 0 radical (unpaired) electrons. The van der Waals surface area contributed by atoms with Crippen molar-refractivity contribution < 1.29 is 23.1 Å². The van der Waals surface area contributed by atoms with Crippen molar-refractivity contribution in [3.05, 3.63) is 94.7 Å². The quantitative estimate of drug-likeness (QED) is 0.575. The van der Waals surface area contributed by atoms with E-state index in [0.717, 1.165) is 29.3 Å². The topological polar surface area (TPSA) is 58.6 Å². The fourth-order valence-corrected chi connectivity index (χ4v) is 3.51. The molecule has 0 unspecified atom stereocenters. The molecule has 0 aliphatic carbocycles. The van der Waals surface area contributed by atoms with E-state index in [4.69, 9.17) is 4.74 Å². The Kier molecular flexibility index (Phi) is 5.48. The highest BCUT2D eigenvalue weighted by Crippen LogP contribution is 2.35. The number of rotatable bonds is 5. The van der Waals surface area contributed by atoms with Crippen LogP contribution >= 0.6 is 0 Å². The molecule has 0 saturated heterocycles. The summed E-state index contributed by atoms with van der Waals surface area (Å²) in [5, 5.41) is 3.02. The minimum Gasteiger partial charge on any atom is -0.497 e. The maximum absolute atomic E-state index is 14.5. The molecule has 0 saturated carbocycles. The van der Waals surface area contributed by atoms with Crippen LogP contribution < -0.4 is 15.0 Å². The highest BCUT2D eigenvalue weighted by Gasteiger charge is 2.41. The van der Waals surface area contributed by atoms with E-state index >= 15 is 0 Å². The molecule has 7 heteroatoms. The number of amides is 2. The van der Waals surface area contributed by atoms with E-state index in [-0.39, 0.29) is 11.3 Å². The highest BCUT2D eigenvalue weighted by molar-refractivity contribution is 6.46. The number of methoxy groups -OCH3 is 1. The smallest absolute Gasteiger partial charge is 0.282 e. The Morgan fingerprint density at radius 3 is 2.22 bits per heavy atom. The Hall–Kier alpha value is -4.00. The number of halogens is 2. The Balaban J connectivity index is 1.84. The van der Waals surface area contributed by atoms with E-state index in [2.05, 4.69) is 5.32 Å². The van der Waals surface area contributed by atoms with Crippen LogP contribution in [0.5, 0.6) is 5.75 Å². The van der Waals surface area contributed by atoms with Gasteiger partial charge in [-0.25, -0.2) is 13.7 Å². The second-order valence-corrected chi connectivity index (χ2v) is 7.44. The first-order valence-corrected chi connectivity index (χ1v) is 9.87. The lowest BCUT2D eigenvalue weighted by molar-refractivity contribution is -0.120. The first-order valence-electron chi connectivity index (χ1n) is 9.87. The van der Waals surface area contributed by atoms with Crippen molar-refractivity contribution in [3.63, 3.8) is 0 Å². The molecular formula is C25H20F2N2O3. The lowest BCUT2D eigenvalue weighted by Crippen LogP contribution is -2.33. The summed E-state index contributed by atoms with van der Waals surface area (Å²) in [6.45, 7) is 3.88. The highest BCUT2D eigenvalue weighted by atomic mass is 19.1. The van der Waals surface area contributed by atoms with Crippen LogP contribution in [0.2, 0.25) is 0 Å². The second-order valence-electron chi connectivity index (χ2n) is 7.44. The molecule has 3 aromatic carbocycles. The third-order valence-corrected chi connectivity index (χ3v) is 5.39. The lowest BCUT2D eigenvalue weighted by Gasteiger charge is -2.16. The minimum atomic E-state index is -0.880. The molecule has 3 aromatic rings. The van der Waals surface area contributed by atoms with E-state index < -0.39 is 29.1 Å². The Morgan fingerprint density at radius 2 is 1.56 bits per heavy atom. The number of hydrogen-bond acceptors (Lipinski definition) is 4. The van der Waals surface area contributed by atoms with Gasteiger partial charge in [0.1, 0.15) is 23.1 Å². The Morgan fingerprint density at radius 1 is 0.844 bits per heavy atom. The standard InChI is InChI=1S/C25H20F2N2O3/c1-14-4-8-18(12-15(14)2)28-23-22(16-5-9-19(32-3)10-6-16)24(30)29(25(23)31)21-13-17(26)7-11-20(21)27/h4-13,28H,1-3H3. The van der Waals surface area contributed by atoms with Gasteiger partial charge in [0.05, 0.1) is 18.4 Å². The van der Waals surface area contributed by atoms with Crippen molar-refractivity contribution in [1.29, 1.82) is 0 Å². The van der Waals surface area contributed by atoms with Gasteiger partial charge in [-0.2, -0.15) is 0 Å². The molecule has 0 fully saturated rings. The first kappa shape index (κ1) is 21.2. The van der Waals surface area contributed by atoms with Crippen molar-refractivity contribution in [2.75, 3.05) is 17.3 Å². The number of carbonyl (C=O) groups excluding carboxylic acids is 2. The minimum absolute atomic E-state index is 0.0212. The summed E-state index contributed by atoms with van der Waals surface area (Å²) in [5.41, 5.74) is 2.68. The van der Waals surface area contributed by atoms with Gasteiger partial charge in [-0.15, -0.1) is 0 Å². The molecule has 0 atom stereocenters. The van der Waals surface area contributed by atoms with Gasteiger partial charge in [0, 0.05) is 11.8 Å². The van der Waals surface area contributed by atoms with Gasteiger partial charge < -0.3 is 10.1 Å². The van der Waals surface area contributed by atoms with Crippen LogP contribution in [-0.2, 0) is 9.59 Å². The molecule has 0 spiro atoms. The molecule has 1 N–H and O–H groups in total. The number of aryl methyl sites for hydroxylation is 2. The van der Waals surface area contributed by atoms with Crippen LogP contribution in [0.1, 0.15) is 16.7 Å². The zero-order valence-corrected chi connectivity index (χ0v) is 17.7. The van der Waals surface area contributed by atoms with E-state index in [1.807, 2.05) is 26.0 Å². The van der Waals surface area contributed by atoms with Gasteiger partial charge in [0.25, 0.3) is 11.8 Å². The Bertz CT molecular complexity index is 1270. The third-order valence-electron chi connectivity index (χ3n) is 5.39. The molecule has 5 nitrogen and oxygen atoms in total. The van der Waals surface area contributed by atoms with Gasteiger partial charge in [0.2, 0.25) is 0 Å². The van der Waals surface area contributed by atoms with Crippen LogP contribution in [0, 0.1) is 25.5 Å². The van der Waals surface area contributed by atoms with Crippen LogP contribution in [0.15, 0.2) is 66.4 Å². The molecule has 0 aromatic heterocycles. The van der Waals surface area contributed by atoms with E-state index in [9.17, 15) is 18.4 Å². The third kappa shape index (κ3) is 3.73. The fourth-order valence-electron chi connectivity index (χ4n) is 3.51. The number of nitrogens with one attached hydrogen (secondary N) is 1. The van der Waals surface area contributed by atoms with Crippen LogP contribution in [0.4, 0.5) is 20.2 Å². The summed E-state index contributed by atoms with van der Waals surface area (Å²) in [6.07, 6.45) is 0. The molecule has 32 heavy (non-hydrogen) atoms. The summed E-state index contributed by atoms with van der Waals surface area (Å²) >= 11 is 0. The van der Waals surface area contributed by atoms with Crippen molar-refractivity contribution in [3.8, 4) is 5.75 Å². The number of carbonyl (C=O) groups is 2. The summed E-state index contributed by atoms with van der Waals surface area (Å²) in [5.74, 6) is -2.60. The molecule has 1 aliphatic rings. The fraction of sp³-hybridized carbons (Fsp3) is 0.120. The van der Waals surface area contributed by atoms with Crippen molar-refractivity contribution in [2.45, 2.75) is 13.8 Å². The van der Waals surface area contributed by atoms with Gasteiger partial charge in [0.15, 0.2) is 0 Å². The van der Waals surface area contributed by atoms with Gasteiger partial charge in [-0.3, -0.25) is 9.59 Å². The average molecular weight is 434 g/mol. The van der Waals surface area contributed by atoms with Crippen molar-refractivity contribution in [2.24, 2.45) is 0 Å². The molecule has 2 amide bonds. The normalized spacial score (nSPS) is 13.7. The van der Waals surface area contributed by atoms with Crippen molar-refractivity contribution in [1.82, 2.24) is 0 Å². The zero-order chi connectivity index (χ0) is 23.0. The number of imide groups is 1. The number of benzene rings is 3. The second kappa shape index (κ2) is 8.26. The van der Waals surface area contributed by atoms with Gasteiger partial charge in [-0.1, -0.05) is 18.2 Å². The number of anilines is 2. The molecule has 162 valence electrons. The first-order chi connectivity index (χ1) is 15.3. The van der Waals surface area contributed by atoms with E-state index in [0.29, 0.717) is 21.9 Å². The van der Waals surface area contributed by atoms with E-state index in [1.54, 1.807) is 30.3 Å². The summed E-state index contributed by atoms with van der Waals surface area (Å²) in [7, 11) is 1.51. The van der Waals surface area contributed by atoms with Crippen molar-refractivity contribution >= 4 is 28.8 Å². The number of ether oxygens (including phenoxy) is 1. The van der Waals surface area contributed by atoms with Crippen LogP contribution in [0.25, 0.3) is 5.57 Å². The predicted molar refractivity (Wildman–Crippen MR) is 118 cm³/mol. The molecule has 0 bridgehead atoms. The SMILES string of the molecule is COc1ccc(C2=C(Nc3ccc(C)c(C)c3)C(=O)N(c3cc(F)ccc3F)C2=O)cc1. The largest absolute Gasteiger partial charge is 0.497 e. The molecule has 4 rings (SSSR count). The van der Waals surface area contributed by atoms with Crippen LogP contribution in [0.3, 0.4) is 0 Å². The van der Waals surface area contributed by atoms with Gasteiger partial charge in [-0.05, 0) is 66.9 Å².